The fraction of sp³-hybridized carbons (Fsp3) is 0.333. The molecule has 100 valence electrons. The van der Waals surface area contributed by atoms with Crippen molar-refractivity contribution in [2.24, 2.45) is 0 Å². The van der Waals surface area contributed by atoms with Crippen LogP contribution in [-0.2, 0) is 5.41 Å². The van der Waals surface area contributed by atoms with Crippen LogP contribution in [-0.4, -0.2) is 16.5 Å². The van der Waals surface area contributed by atoms with Crippen LogP contribution in [0.15, 0.2) is 41.0 Å². The minimum atomic E-state index is -0.216. The maximum atomic E-state index is 4.64. The first-order valence-corrected chi connectivity index (χ1v) is 7.17. The van der Waals surface area contributed by atoms with Crippen LogP contribution in [0.5, 0.6) is 0 Å². The first-order valence-electron chi connectivity index (χ1n) is 6.38. The van der Waals surface area contributed by atoms with Crippen LogP contribution in [0.4, 0.5) is 5.82 Å². The molecule has 2 aromatic rings. The molecule has 0 unspecified atom stereocenters. The highest BCUT2D eigenvalue weighted by atomic mass is 79.9. The summed E-state index contributed by atoms with van der Waals surface area (Å²) in [4.78, 5) is 9.11. The molecule has 1 aromatic carbocycles. The number of hydrogen-bond donors (Lipinski definition) is 1. The van der Waals surface area contributed by atoms with E-state index in [1.165, 1.54) is 5.56 Å². The molecular weight excluding hydrogens is 302 g/mol. The van der Waals surface area contributed by atoms with Crippen LogP contribution >= 0.6 is 15.9 Å². The third kappa shape index (κ3) is 2.95. The molecule has 0 fully saturated rings. The van der Waals surface area contributed by atoms with Gasteiger partial charge in [-0.05, 0) is 42.3 Å². The molecule has 1 aromatic heterocycles. The van der Waals surface area contributed by atoms with E-state index in [1.807, 2.05) is 24.4 Å². The molecule has 2 rings (SSSR count). The number of hydrogen-bond acceptors (Lipinski definition) is 3. The van der Waals surface area contributed by atoms with Gasteiger partial charge in [0.2, 0.25) is 0 Å². The van der Waals surface area contributed by atoms with Gasteiger partial charge in [-0.15, -0.1) is 0 Å². The molecule has 19 heavy (non-hydrogen) atoms. The standard InChI is InChI=1S/C15H18BrN3/c1-4-17-13-12(16)10-18-14(19-13)15(2,3)11-8-6-5-7-9-11/h5-10H,4H2,1-3H3,(H,17,18,19). The second kappa shape index (κ2) is 5.70. The molecule has 0 saturated carbocycles. The van der Waals surface area contributed by atoms with Gasteiger partial charge in [-0.2, -0.15) is 0 Å². The normalized spacial score (nSPS) is 11.4. The van der Waals surface area contributed by atoms with Gasteiger partial charge >= 0.3 is 0 Å². The summed E-state index contributed by atoms with van der Waals surface area (Å²) in [6.07, 6.45) is 1.81. The highest BCUT2D eigenvalue weighted by Crippen LogP contribution is 2.30. The minimum absolute atomic E-state index is 0.216. The largest absolute Gasteiger partial charge is 0.369 e. The lowest BCUT2D eigenvalue weighted by Crippen LogP contribution is -2.23. The number of benzene rings is 1. The van der Waals surface area contributed by atoms with Crippen LogP contribution in [0, 0.1) is 0 Å². The summed E-state index contributed by atoms with van der Waals surface area (Å²) in [5.74, 6) is 1.66. The molecule has 0 bridgehead atoms. The zero-order valence-electron chi connectivity index (χ0n) is 11.4. The summed E-state index contributed by atoms with van der Waals surface area (Å²) in [7, 11) is 0. The van der Waals surface area contributed by atoms with Crippen molar-refractivity contribution in [3.05, 3.63) is 52.4 Å². The fourth-order valence-corrected chi connectivity index (χ4v) is 2.27. The van der Waals surface area contributed by atoms with E-state index in [4.69, 9.17) is 0 Å². The molecule has 3 nitrogen and oxygen atoms in total. The van der Waals surface area contributed by atoms with E-state index < -0.39 is 0 Å². The van der Waals surface area contributed by atoms with Gasteiger partial charge in [-0.25, -0.2) is 9.97 Å². The van der Waals surface area contributed by atoms with Gasteiger partial charge in [0.1, 0.15) is 11.6 Å². The van der Waals surface area contributed by atoms with E-state index in [0.29, 0.717) is 0 Å². The Kier molecular flexibility index (Phi) is 4.20. The number of nitrogens with zero attached hydrogens (tertiary/aromatic N) is 2. The number of rotatable bonds is 4. The molecule has 0 saturated heterocycles. The molecule has 0 aliphatic rings. The Bertz CT molecular complexity index is 553. The third-order valence-electron chi connectivity index (χ3n) is 3.14. The van der Waals surface area contributed by atoms with Crippen molar-refractivity contribution in [2.45, 2.75) is 26.2 Å². The Labute approximate surface area is 122 Å². The van der Waals surface area contributed by atoms with Crippen LogP contribution < -0.4 is 5.32 Å². The molecule has 1 heterocycles. The summed E-state index contributed by atoms with van der Waals surface area (Å²) in [5, 5.41) is 3.24. The van der Waals surface area contributed by atoms with Crippen molar-refractivity contribution in [2.75, 3.05) is 11.9 Å². The Morgan fingerprint density at radius 3 is 2.53 bits per heavy atom. The quantitative estimate of drug-likeness (QED) is 0.925. The summed E-state index contributed by atoms with van der Waals surface area (Å²) in [5.41, 5.74) is 0.992. The van der Waals surface area contributed by atoms with E-state index in [9.17, 15) is 0 Å². The topological polar surface area (TPSA) is 37.8 Å². The van der Waals surface area contributed by atoms with Gasteiger partial charge in [0.15, 0.2) is 0 Å². The number of nitrogens with one attached hydrogen (secondary N) is 1. The minimum Gasteiger partial charge on any atom is -0.369 e. The van der Waals surface area contributed by atoms with Gasteiger partial charge in [0.25, 0.3) is 0 Å². The van der Waals surface area contributed by atoms with E-state index in [0.717, 1.165) is 22.7 Å². The van der Waals surface area contributed by atoms with Gasteiger partial charge in [-0.1, -0.05) is 30.3 Å². The van der Waals surface area contributed by atoms with E-state index in [-0.39, 0.29) is 5.41 Å². The smallest absolute Gasteiger partial charge is 0.144 e. The summed E-state index contributed by atoms with van der Waals surface area (Å²) >= 11 is 3.47. The average Bonchev–Trinajstić information content (AvgIpc) is 2.42. The molecule has 0 aliphatic heterocycles. The molecule has 0 amide bonds. The van der Waals surface area contributed by atoms with Crippen molar-refractivity contribution in [3.63, 3.8) is 0 Å². The maximum absolute atomic E-state index is 4.64. The van der Waals surface area contributed by atoms with Crippen LogP contribution in [0.1, 0.15) is 32.2 Å². The lowest BCUT2D eigenvalue weighted by Gasteiger charge is -2.24. The van der Waals surface area contributed by atoms with Crippen LogP contribution in [0.25, 0.3) is 0 Å². The lowest BCUT2D eigenvalue weighted by molar-refractivity contribution is 0.590. The van der Waals surface area contributed by atoms with E-state index in [1.54, 1.807) is 0 Å². The van der Waals surface area contributed by atoms with Crippen molar-refractivity contribution >= 4 is 21.7 Å². The van der Waals surface area contributed by atoms with Crippen molar-refractivity contribution in [1.82, 2.24) is 9.97 Å². The third-order valence-corrected chi connectivity index (χ3v) is 3.72. The van der Waals surface area contributed by atoms with E-state index in [2.05, 4.69) is 64.1 Å². The zero-order chi connectivity index (χ0) is 13.9. The highest BCUT2D eigenvalue weighted by Gasteiger charge is 2.26. The van der Waals surface area contributed by atoms with Gasteiger partial charge in [0, 0.05) is 18.2 Å². The number of anilines is 1. The monoisotopic (exact) mass is 319 g/mol. The van der Waals surface area contributed by atoms with Gasteiger partial charge in [-0.3, -0.25) is 0 Å². The number of aromatic nitrogens is 2. The Morgan fingerprint density at radius 2 is 1.89 bits per heavy atom. The number of halogens is 1. The second-order valence-electron chi connectivity index (χ2n) is 4.91. The second-order valence-corrected chi connectivity index (χ2v) is 5.77. The zero-order valence-corrected chi connectivity index (χ0v) is 13.0. The van der Waals surface area contributed by atoms with Gasteiger partial charge < -0.3 is 5.32 Å². The van der Waals surface area contributed by atoms with Crippen molar-refractivity contribution in [3.8, 4) is 0 Å². The van der Waals surface area contributed by atoms with E-state index >= 15 is 0 Å². The van der Waals surface area contributed by atoms with Crippen LogP contribution in [0.2, 0.25) is 0 Å². The Hall–Kier alpha value is -1.42. The molecule has 1 N–H and O–H groups in total. The first-order chi connectivity index (χ1) is 9.05. The predicted molar refractivity (Wildman–Crippen MR) is 82.5 cm³/mol. The summed E-state index contributed by atoms with van der Waals surface area (Å²) in [6.45, 7) is 7.17. The molecule has 0 aliphatic carbocycles. The SMILES string of the molecule is CCNc1nc(C(C)(C)c2ccccc2)ncc1Br. The van der Waals surface area contributed by atoms with Crippen molar-refractivity contribution in [1.29, 1.82) is 0 Å². The highest BCUT2D eigenvalue weighted by molar-refractivity contribution is 9.10. The maximum Gasteiger partial charge on any atom is 0.144 e. The predicted octanol–water partition coefficient (Wildman–Crippen LogP) is 4.00. The Morgan fingerprint density at radius 1 is 1.21 bits per heavy atom. The van der Waals surface area contributed by atoms with Gasteiger partial charge in [0.05, 0.1) is 4.47 Å². The average molecular weight is 320 g/mol. The fourth-order valence-electron chi connectivity index (χ4n) is 1.94. The first kappa shape index (κ1) is 14.0. The van der Waals surface area contributed by atoms with Crippen LogP contribution in [0.3, 0.4) is 0 Å². The molecule has 0 spiro atoms. The molecule has 0 atom stereocenters. The molecule has 4 heteroatoms. The lowest BCUT2D eigenvalue weighted by atomic mass is 9.84. The summed E-state index contributed by atoms with van der Waals surface area (Å²) < 4.78 is 0.891. The van der Waals surface area contributed by atoms with Crippen molar-refractivity contribution < 1.29 is 0 Å². The Balaban J connectivity index is 2.43. The molecule has 0 radical (unpaired) electrons. The molecular formula is C15H18BrN3. The summed E-state index contributed by atoms with van der Waals surface area (Å²) in [6, 6.07) is 10.3.